The third-order valence-electron chi connectivity index (χ3n) is 2.79. The van der Waals surface area contributed by atoms with Crippen LogP contribution in [0.2, 0.25) is 0 Å². The van der Waals surface area contributed by atoms with Gasteiger partial charge in [-0.1, -0.05) is 23.4 Å². The van der Waals surface area contributed by atoms with Crippen LogP contribution in [0.15, 0.2) is 39.3 Å². The summed E-state index contributed by atoms with van der Waals surface area (Å²) < 4.78 is 20.8. The van der Waals surface area contributed by atoms with Crippen molar-refractivity contribution in [3.8, 4) is 11.7 Å². The highest BCUT2D eigenvalue weighted by Crippen LogP contribution is 2.37. The molecule has 0 radical (unpaired) electrons. The van der Waals surface area contributed by atoms with Crippen LogP contribution >= 0.6 is 0 Å². The lowest BCUT2D eigenvalue weighted by atomic mass is 10.3. The van der Waals surface area contributed by atoms with Crippen molar-refractivity contribution in [3.05, 3.63) is 41.8 Å². The third-order valence-corrected chi connectivity index (χ3v) is 2.79. The first-order valence-electron chi connectivity index (χ1n) is 5.90. The molecule has 0 N–H and O–H groups in total. The number of carbonyl (C=O) groups is 1. The topological polar surface area (TPSA) is 74.7 Å². The Kier molecular flexibility index (Phi) is 2.90. The Bertz CT molecular complexity index is 757. The van der Waals surface area contributed by atoms with E-state index in [0.29, 0.717) is 16.8 Å². The van der Waals surface area contributed by atoms with E-state index in [1.807, 2.05) is 18.2 Å². The predicted octanol–water partition coefficient (Wildman–Crippen LogP) is 3.31. The molecule has 0 unspecified atom stereocenters. The van der Waals surface area contributed by atoms with Gasteiger partial charge in [-0.2, -0.15) is 0 Å². The highest BCUT2D eigenvalue weighted by molar-refractivity contribution is 6.02. The van der Waals surface area contributed by atoms with Crippen LogP contribution in [0.1, 0.15) is 16.2 Å². The zero-order chi connectivity index (χ0) is 14.1. The molecule has 2 heterocycles. The van der Waals surface area contributed by atoms with Crippen LogP contribution in [0, 0.1) is 6.92 Å². The van der Waals surface area contributed by atoms with E-state index in [4.69, 9.17) is 13.7 Å². The van der Waals surface area contributed by atoms with Gasteiger partial charge in [0.1, 0.15) is 11.1 Å². The van der Waals surface area contributed by atoms with Gasteiger partial charge in [0, 0.05) is 0 Å². The monoisotopic (exact) mass is 273 g/mol. The van der Waals surface area contributed by atoms with E-state index in [0.717, 1.165) is 0 Å². The van der Waals surface area contributed by atoms with Crippen LogP contribution in [0.25, 0.3) is 11.0 Å². The maximum absolute atomic E-state index is 11.6. The molecule has 0 amide bonds. The summed E-state index contributed by atoms with van der Waals surface area (Å²) in [5.74, 6) is 0.0357. The number of aromatic nitrogens is 1. The molecule has 0 aliphatic heterocycles. The van der Waals surface area contributed by atoms with Gasteiger partial charge in [0.05, 0.1) is 12.8 Å². The highest BCUT2D eigenvalue weighted by atomic mass is 16.6. The summed E-state index contributed by atoms with van der Waals surface area (Å²) in [6.07, 6.45) is 0. The van der Waals surface area contributed by atoms with Crippen molar-refractivity contribution >= 4 is 16.9 Å². The molecule has 0 saturated heterocycles. The van der Waals surface area contributed by atoms with Crippen molar-refractivity contribution in [1.82, 2.24) is 5.16 Å². The Morgan fingerprint density at radius 2 is 2.00 bits per heavy atom. The minimum absolute atomic E-state index is 0.0611. The maximum atomic E-state index is 11.6. The summed E-state index contributed by atoms with van der Waals surface area (Å²) in [5.41, 5.74) is 0.796. The highest BCUT2D eigenvalue weighted by Gasteiger charge is 2.27. The zero-order valence-corrected chi connectivity index (χ0v) is 10.9. The molecule has 0 fully saturated rings. The molecule has 0 atom stereocenters. The largest absolute Gasteiger partial charge is 0.463 e. The van der Waals surface area contributed by atoms with E-state index in [1.165, 1.54) is 7.11 Å². The van der Waals surface area contributed by atoms with E-state index in [-0.39, 0.29) is 17.3 Å². The van der Waals surface area contributed by atoms with Gasteiger partial charge in [0.25, 0.3) is 5.76 Å². The average molecular weight is 273 g/mol. The number of esters is 1. The van der Waals surface area contributed by atoms with Crippen LogP contribution in [-0.2, 0) is 4.74 Å². The van der Waals surface area contributed by atoms with Crippen molar-refractivity contribution in [1.29, 1.82) is 0 Å². The molecule has 0 aliphatic carbocycles. The van der Waals surface area contributed by atoms with E-state index < -0.39 is 5.97 Å². The first kappa shape index (κ1) is 12.3. The number of para-hydroxylation sites is 1. The van der Waals surface area contributed by atoms with Gasteiger partial charge in [-0.05, 0) is 19.1 Å². The number of rotatable bonds is 3. The summed E-state index contributed by atoms with van der Waals surface area (Å²) in [6.45, 7) is 1.74. The second-order valence-corrected chi connectivity index (χ2v) is 4.10. The van der Waals surface area contributed by atoms with Gasteiger partial charge < -0.3 is 18.4 Å². The fraction of sp³-hybridized carbons (Fsp3) is 0.143. The summed E-state index contributed by atoms with van der Waals surface area (Å²) >= 11 is 0. The van der Waals surface area contributed by atoms with E-state index >= 15 is 0 Å². The smallest absolute Gasteiger partial charge is 0.378 e. The first-order valence-corrected chi connectivity index (χ1v) is 5.90. The summed E-state index contributed by atoms with van der Waals surface area (Å²) in [5, 5.41) is 4.34. The minimum Gasteiger partial charge on any atom is -0.463 e. The number of hydrogen-bond donors (Lipinski definition) is 0. The van der Waals surface area contributed by atoms with Gasteiger partial charge in [0.15, 0.2) is 0 Å². The van der Waals surface area contributed by atoms with Crippen LogP contribution in [0.3, 0.4) is 0 Å². The van der Waals surface area contributed by atoms with Crippen LogP contribution in [0.4, 0.5) is 0 Å². The molecule has 0 saturated carbocycles. The Morgan fingerprint density at radius 1 is 1.25 bits per heavy atom. The molecule has 6 nitrogen and oxygen atoms in total. The van der Waals surface area contributed by atoms with Crippen molar-refractivity contribution in [2.24, 2.45) is 0 Å². The van der Waals surface area contributed by atoms with E-state index in [9.17, 15) is 4.79 Å². The number of carbonyl (C=O) groups excluding carboxylic acids is 1. The fourth-order valence-corrected chi connectivity index (χ4v) is 1.85. The molecule has 6 heteroatoms. The number of aryl methyl sites for hydroxylation is 1. The van der Waals surface area contributed by atoms with Gasteiger partial charge in [-0.25, -0.2) is 4.79 Å². The predicted molar refractivity (Wildman–Crippen MR) is 68.9 cm³/mol. The van der Waals surface area contributed by atoms with Gasteiger partial charge >= 0.3 is 11.9 Å². The lowest BCUT2D eigenvalue weighted by Gasteiger charge is -2.01. The Morgan fingerprint density at radius 3 is 2.70 bits per heavy atom. The summed E-state index contributed by atoms with van der Waals surface area (Å²) in [7, 11) is 1.26. The normalized spacial score (nSPS) is 10.7. The molecular formula is C14H11NO5. The number of fused-ring (bicyclic) bond motifs is 1. The van der Waals surface area contributed by atoms with Crippen molar-refractivity contribution in [2.75, 3.05) is 7.11 Å². The molecule has 3 rings (SSSR count). The number of ether oxygens (including phenoxy) is 2. The third kappa shape index (κ3) is 1.91. The van der Waals surface area contributed by atoms with E-state index in [1.54, 1.807) is 19.1 Å². The molecular weight excluding hydrogens is 262 g/mol. The second-order valence-electron chi connectivity index (χ2n) is 4.10. The lowest BCUT2D eigenvalue weighted by Crippen LogP contribution is -1.99. The molecule has 20 heavy (non-hydrogen) atoms. The molecule has 1 aromatic carbocycles. The standard InChI is InChI=1S/C14H11NO5/c1-8-10-11(20-15-8)12(13(16)17-2)19-14(10)18-9-6-4-3-5-7-9/h3-7H,1-2H3. The zero-order valence-electron chi connectivity index (χ0n) is 10.9. The van der Waals surface area contributed by atoms with Gasteiger partial charge in [0.2, 0.25) is 5.58 Å². The number of methoxy groups -OCH3 is 1. The summed E-state index contributed by atoms with van der Waals surface area (Å²) in [6, 6.07) is 9.08. The van der Waals surface area contributed by atoms with Crippen LogP contribution in [0.5, 0.6) is 11.7 Å². The number of hydrogen-bond acceptors (Lipinski definition) is 6. The van der Waals surface area contributed by atoms with Crippen molar-refractivity contribution in [3.63, 3.8) is 0 Å². The second kappa shape index (κ2) is 4.73. The van der Waals surface area contributed by atoms with E-state index in [2.05, 4.69) is 9.89 Å². The Balaban J connectivity index is 2.11. The minimum atomic E-state index is -0.644. The number of furan rings is 1. The molecule has 2 aromatic heterocycles. The Labute approximate surface area is 113 Å². The molecule has 102 valence electrons. The molecule has 0 bridgehead atoms. The quantitative estimate of drug-likeness (QED) is 0.681. The van der Waals surface area contributed by atoms with Gasteiger partial charge in [-0.3, -0.25) is 0 Å². The molecule has 0 aliphatic rings. The molecule has 0 spiro atoms. The van der Waals surface area contributed by atoms with Crippen molar-refractivity contribution < 1.29 is 23.2 Å². The van der Waals surface area contributed by atoms with Gasteiger partial charge in [-0.15, -0.1) is 0 Å². The van der Waals surface area contributed by atoms with Crippen molar-refractivity contribution in [2.45, 2.75) is 6.92 Å². The average Bonchev–Trinajstić information content (AvgIpc) is 3.01. The molecule has 3 aromatic rings. The SMILES string of the molecule is COC(=O)c1oc(Oc2ccccc2)c2c(C)noc12. The first-order chi connectivity index (χ1) is 9.70. The van der Waals surface area contributed by atoms with Crippen LogP contribution < -0.4 is 4.74 Å². The van der Waals surface area contributed by atoms with Crippen LogP contribution in [-0.4, -0.2) is 18.2 Å². The lowest BCUT2D eigenvalue weighted by molar-refractivity contribution is 0.0560. The Hall–Kier alpha value is -2.76. The summed E-state index contributed by atoms with van der Waals surface area (Å²) in [4.78, 5) is 11.6. The number of nitrogens with zero attached hydrogens (tertiary/aromatic N) is 1. The maximum Gasteiger partial charge on any atom is 0.378 e. The fourth-order valence-electron chi connectivity index (χ4n) is 1.85. The number of benzene rings is 1.